The first-order valence-corrected chi connectivity index (χ1v) is 5.92. The molecule has 0 unspecified atom stereocenters. The van der Waals surface area contributed by atoms with E-state index in [2.05, 4.69) is 24.5 Å². The molecule has 0 atom stereocenters. The molecular weight excluding hydrogens is 203 g/mol. The van der Waals surface area contributed by atoms with Gasteiger partial charge in [-0.1, -0.05) is 13.8 Å². The smallest absolute Gasteiger partial charge is 0.128 e. The molecule has 2 nitrogen and oxygen atoms in total. The topological polar surface area (TPSA) is 24.1 Å². The summed E-state index contributed by atoms with van der Waals surface area (Å²) >= 11 is 0. The van der Waals surface area contributed by atoms with Crippen molar-refractivity contribution < 1.29 is 4.39 Å². The van der Waals surface area contributed by atoms with E-state index < -0.39 is 0 Å². The van der Waals surface area contributed by atoms with Crippen molar-refractivity contribution in [2.45, 2.75) is 39.2 Å². The fourth-order valence-corrected chi connectivity index (χ4v) is 2.20. The van der Waals surface area contributed by atoms with Crippen molar-refractivity contribution >= 4 is 11.4 Å². The predicted molar refractivity (Wildman–Crippen MR) is 66.6 cm³/mol. The molecule has 1 aliphatic heterocycles. The maximum atomic E-state index is 13.4. The molecule has 16 heavy (non-hydrogen) atoms. The first kappa shape index (κ1) is 11.2. The van der Waals surface area contributed by atoms with E-state index in [1.54, 1.807) is 13.0 Å². The van der Waals surface area contributed by atoms with Crippen LogP contribution in [0.1, 0.15) is 32.3 Å². The Balaban J connectivity index is 2.36. The summed E-state index contributed by atoms with van der Waals surface area (Å²) in [5.74, 6) is -0.145. The Morgan fingerprint density at radius 2 is 1.94 bits per heavy atom. The summed E-state index contributed by atoms with van der Waals surface area (Å²) in [7, 11) is 0. The van der Waals surface area contributed by atoms with Gasteiger partial charge in [-0.15, -0.1) is 0 Å². The third-order valence-electron chi connectivity index (χ3n) is 3.67. The highest BCUT2D eigenvalue weighted by molar-refractivity contribution is 5.73. The second kappa shape index (κ2) is 3.96. The summed E-state index contributed by atoms with van der Waals surface area (Å²) in [4.78, 5) is 0. The van der Waals surface area contributed by atoms with E-state index in [0.717, 1.165) is 30.8 Å². The average molecular weight is 222 g/mol. The predicted octanol–water partition coefficient (Wildman–Crippen LogP) is 3.53. The zero-order chi connectivity index (χ0) is 11.8. The van der Waals surface area contributed by atoms with Crippen molar-refractivity contribution in [3.8, 4) is 0 Å². The molecule has 0 aromatic heterocycles. The molecule has 0 aliphatic carbocycles. The largest absolute Gasteiger partial charge is 0.381 e. The Kier molecular flexibility index (Phi) is 2.78. The van der Waals surface area contributed by atoms with Crippen LogP contribution in [0.25, 0.3) is 0 Å². The lowest BCUT2D eigenvalue weighted by atomic mass is 9.90. The number of hydrogen-bond acceptors (Lipinski definition) is 2. The molecule has 0 saturated carbocycles. The Bertz CT molecular complexity index is 397. The van der Waals surface area contributed by atoms with Crippen molar-refractivity contribution in [1.82, 2.24) is 0 Å². The van der Waals surface area contributed by atoms with Gasteiger partial charge >= 0.3 is 0 Å². The minimum absolute atomic E-state index is 0.108. The van der Waals surface area contributed by atoms with Crippen LogP contribution in [0.15, 0.2) is 12.1 Å². The normalized spacial score (nSPS) is 17.2. The first-order chi connectivity index (χ1) is 7.60. The molecule has 0 fully saturated rings. The van der Waals surface area contributed by atoms with Gasteiger partial charge in [0.2, 0.25) is 0 Å². The third kappa shape index (κ3) is 1.75. The number of anilines is 2. The van der Waals surface area contributed by atoms with Gasteiger partial charge in [0.15, 0.2) is 0 Å². The summed E-state index contributed by atoms with van der Waals surface area (Å²) in [5, 5.41) is 6.87. The van der Waals surface area contributed by atoms with Gasteiger partial charge in [0.05, 0.1) is 16.9 Å². The molecule has 1 aromatic carbocycles. The second-order valence-corrected chi connectivity index (χ2v) is 4.61. The van der Waals surface area contributed by atoms with Gasteiger partial charge in [-0.2, -0.15) is 0 Å². The van der Waals surface area contributed by atoms with Gasteiger partial charge in [0, 0.05) is 6.54 Å². The molecule has 1 heterocycles. The van der Waals surface area contributed by atoms with E-state index >= 15 is 0 Å². The fraction of sp³-hybridized carbons (Fsp3) is 0.538. The fourth-order valence-electron chi connectivity index (χ4n) is 2.20. The van der Waals surface area contributed by atoms with Gasteiger partial charge in [-0.05, 0) is 37.5 Å². The number of hydrogen-bond donors (Lipinski definition) is 2. The molecule has 1 aliphatic rings. The maximum Gasteiger partial charge on any atom is 0.128 e. The van der Waals surface area contributed by atoms with Crippen LogP contribution in [-0.2, 0) is 0 Å². The number of aryl methyl sites for hydroxylation is 1. The van der Waals surface area contributed by atoms with Gasteiger partial charge in [-0.25, -0.2) is 4.39 Å². The van der Waals surface area contributed by atoms with Crippen molar-refractivity contribution in [3.63, 3.8) is 0 Å². The minimum Gasteiger partial charge on any atom is -0.381 e. The molecule has 0 saturated heterocycles. The standard InChI is InChI=1S/C13H19FN2/c1-4-13(5-2)8-15-11-7-10(14)9(3)6-12(11)16-13/h6-7,15-16H,4-5,8H2,1-3H3. The van der Waals surface area contributed by atoms with E-state index in [1.807, 2.05) is 6.07 Å². The van der Waals surface area contributed by atoms with E-state index in [1.165, 1.54) is 0 Å². The van der Waals surface area contributed by atoms with Gasteiger partial charge in [0.25, 0.3) is 0 Å². The Morgan fingerprint density at radius 1 is 1.25 bits per heavy atom. The van der Waals surface area contributed by atoms with Gasteiger partial charge in [-0.3, -0.25) is 0 Å². The number of fused-ring (bicyclic) bond motifs is 1. The highest BCUT2D eigenvalue weighted by Crippen LogP contribution is 2.34. The molecule has 0 spiro atoms. The Morgan fingerprint density at radius 3 is 2.56 bits per heavy atom. The zero-order valence-electron chi connectivity index (χ0n) is 10.2. The molecule has 0 radical (unpaired) electrons. The lowest BCUT2D eigenvalue weighted by molar-refractivity contribution is 0.451. The Labute approximate surface area is 96.2 Å². The van der Waals surface area contributed by atoms with Crippen LogP contribution < -0.4 is 10.6 Å². The first-order valence-electron chi connectivity index (χ1n) is 5.92. The van der Waals surface area contributed by atoms with Crippen LogP contribution in [0.2, 0.25) is 0 Å². The molecule has 0 amide bonds. The van der Waals surface area contributed by atoms with Crippen molar-refractivity contribution in [2.24, 2.45) is 0 Å². The van der Waals surface area contributed by atoms with Crippen molar-refractivity contribution in [1.29, 1.82) is 0 Å². The number of halogens is 1. The highest BCUT2D eigenvalue weighted by atomic mass is 19.1. The van der Waals surface area contributed by atoms with E-state index in [0.29, 0.717) is 5.56 Å². The number of nitrogens with one attached hydrogen (secondary N) is 2. The van der Waals surface area contributed by atoms with Crippen LogP contribution in [-0.4, -0.2) is 12.1 Å². The summed E-state index contributed by atoms with van der Waals surface area (Å²) in [6.07, 6.45) is 2.12. The van der Waals surface area contributed by atoms with Crippen LogP contribution in [0.5, 0.6) is 0 Å². The van der Waals surface area contributed by atoms with E-state index in [9.17, 15) is 4.39 Å². The lowest BCUT2D eigenvalue weighted by Crippen LogP contribution is -2.46. The average Bonchev–Trinajstić information content (AvgIpc) is 2.30. The van der Waals surface area contributed by atoms with E-state index in [4.69, 9.17) is 0 Å². The Hall–Kier alpha value is -1.25. The monoisotopic (exact) mass is 222 g/mol. The lowest BCUT2D eigenvalue weighted by Gasteiger charge is -2.39. The highest BCUT2D eigenvalue weighted by Gasteiger charge is 2.30. The second-order valence-electron chi connectivity index (χ2n) is 4.61. The van der Waals surface area contributed by atoms with Crippen molar-refractivity contribution in [2.75, 3.05) is 17.2 Å². The van der Waals surface area contributed by atoms with Gasteiger partial charge in [0.1, 0.15) is 5.82 Å². The zero-order valence-corrected chi connectivity index (χ0v) is 10.2. The van der Waals surface area contributed by atoms with Crippen LogP contribution >= 0.6 is 0 Å². The number of benzene rings is 1. The molecule has 1 aromatic rings. The van der Waals surface area contributed by atoms with Gasteiger partial charge < -0.3 is 10.6 Å². The molecule has 3 heteroatoms. The SMILES string of the molecule is CCC1(CC)CNc2cc(F)c(C)cc2N1. The molecule has 2 rings (SSSR count). The van der Waals surface area contributed by atoms with Crippen LogP contribution in [0.3, 0.4) is 0 Å². The summed E-state index contributed by atoms with van der Waals surface area (Å²) in [6.45, 7) is 7.01. The minimum atomic E-state index is -0.145. The summed E-state index contributed by atoms with van der Waals surface area (Å²) in [5.41, 5.74) is 2.70. The van der Waals surface area contributed by atoms with Crippen LogP contribution in [0, 0.1) is 12.7 Å². The quantitative estimate of drug-likeness (QED) is 0.800. The molecule has 2 N–H and O–H groups in total. The maximum absolute atomic E-state index is 13.4. The number of rotatable bonds is 2. The molecular formula is C13H19FN2. The molecule has 88 valence electrons. The van der Waals surface area contributed by atoms with Crippen molar-refractivity contribution in [3.05, 3.63) is 23.5 Å². The third-order valence-corrected chi connectivity index (χ3v) is 3.67. The van der Waals surface area contributed by atoms with Crippen LogP contribution in [0.4, 0.5) is 15.8 Å². The summed E-state index contributed by atoms with van der Waals surface area (Å²) in [6, 6.07) is 3.46. The van der Waals surface area contributed by atoms with E-state index in [-0.39, 0.29) is 11.4 Å². The molecule has 0 bridgehead atoms. The summed E-state index contributed by atoms with van der Waals surface area (Å²) < 4.78 is 13.4.